The lowest BCUT2D eigenvalue weighted by Gasteiger charge is -2.21. The van der Waals surface area contributed by atoms with Crippen LogP contribution in [0.3, 0.4) is 0 Å². The highest BCUT2D eigenvalue weighted by atomic mass is 16.3. The van der Waals surface area contributed by atoms with Gasteiger partial charge in [0.1, 0.15) is 11.2 Å². The van der Waals surface area contributed by atoms with E-state index in [1.54, 1.807) is 0 Å². The van der Waals surface area contributed by atoms with E-state index < -0.39 is 0 Å². The lowest BCUT2D eigenvalue weighted by Crippen LogP contribution is -2.03. The minimum atomic E-state index is 0.620. The summed E-state index contributed by atoms with van der Waals surface area (Å²) in [6.07, 6.45) is 6.56. The van der Waals surface area contributed by atoms with Crippen molar-refractivity contribution in [2.45, 2.75) is 38.0 Å². The molecule has 8 aromatic rings. The highest BCUT2D eigenvalue weighted by molar-refractivity contribution is 6.06. The molecule has 0 spiro atoms. The first-order valence-corrected chi connectivity index (χ1v) is 17.3. The zero-order chi connectivity index (χ0) is 32.6. The summed E-state index contributed by atoms with van der Waals surface area (Å²) >= 11 is 0. The Balaban J connectivity index is 1.07. The monoisotopic (exact) mass is 633 g/mol. The fraction of sp³-hybridized carbons (Fsp3) is 0.133. The maximum Gasteiger partial charge on any atom is 0.164 e. The lowest BCUT2D eigenvalue weighted by atomic mass is 9.84. The van der Waals surface area contributed by atoms with Gasteiger partial charge in [0, 0.05) is 27.5 Å². The van der Waals surface area contributed by atoms with Crippen LogP contribution < -0.4 is 0 Å². The van der Waals surface area contributed by atoms with E-state index in [9.17, 15) is 0 Å². The van der Waals surface area contributed by atoms with E-state index in [0.717, 1.165) is 44.4 Å². The van der Waals surface area contributed by atoms with Gasteiger partial charge in [-0.1, -0.05) is 141 Å². The van der Waals surface area contributed by atoms with Gasteiger partial charge < -0.3 is 4.42 Å². The van der Waals surface area contributed by atoms with Crippen LogP contribution in [0.5, 0.6) is 0 Å². The summed E-state index contributed by atoms with van der Waals surface area (Å²) in [6, 6.07) is 50.9. The average molecular weight is 634 g/mol. The molecule has 0 amide bonds. The normalized spacial score (nSPS) is 13.6. The maximum absolute atomic E-state index is 6.40. The van der Waals surface area contributed by atoms with Gasteiger partial charge in [-0.2, -0.15) is 0 Å². The first-order chi connectivity index (χ1) is 24.2. The number of fused-ring (bicyclic) bond motifs is 3. The highest BCUT2D eigenvalue weighted by Gasteiger charge is 2.18. The molecule has 6 aromatic carbocycles. The predicted molar refractivity (Wildman–Crippen MR) is 200 cm³/mol. The van der Waals surface area contributed by atoms with E-state index in [1.807, 2.05) is 36.4 Å². The first kappa shape index (κ1) is 29.3. The number of hydrogen-bond donors (Lipinski definition) is 0. The Morgan fingerprint density at radius 2 is 0.878 bits per heavy atom. The molecule has 0 atom stereocenters. The van der Waals surface area contributed by atoms with Crippen molar-refractivity contribution >= 4 is 21.9 Å². The molecular formula is C45H35N3O. The van der Waals surface area contributed by atoms with Crippen molar-refractivity contribution in [3.63, 3.8) is 0 Å². The van der Waals surface area contributed by atoms with Crippen molar-refractivity contribution in [2.75, 3.05) is 0 Å². The summed E-state index contributed by atoms with van der Waals surface area (Å²) in [5.41, 5.74) is 10.7. The third kappa shape index (κ3) is 5.80. The number of hydrogen-bond acceptors (Lipinski definition) is 4. The van der Waals surface area contributed by atoms with E-state index in [2.05, 4.69) is 109 Å². The Morgan fingerprint density at radius 1 is 0.388 bits per heavy atom. The summed E-state index contributed by atoms with van der Waals surface area (Å²) in [6.45, 7) is 0. The lowest BCUT2D eigenvalue weighted by molar-refractivity contribution is 0.444. The van der Waals surface area contributed by atoms with Crippen molar-refractivity contribution in [3.8, 4) is 56.4 Å². The molecule has 0 radical (unpaired) electrons. The Hall–Kier alpha value is -5.87. The summed E-state index contributed by atoms with van der Waals surface area (Å²) in [7, 11) is 0. The Labute approximate surface area is 286 Å². The third-order valence-corrected chi connectivity index (χ3v) is 9.97. The van der Waals surface area contributed by atoms with Crippen LogP contribution in [0.25, 0.3) is 78.4 Å². The van der Waals surface area contributed by atoms with Crippen molar-refractivity contribution in [1.29, 1.82) is 0 Å². The quantitative estimate of drug-likeness (QED) is 0.183. The minimum Gasteiger partial charge on any atom is -0.456 e. The molecule has 1 aliphatic rings. The van der Waals surface area contributed by atoms with Gasteiger partial charge in [-0.05, 0) is 70.8 Å². The molecule has 2 aromatic heterocycles. The van der Waals surface area contributed by atoms with E-state index in [0.29, 0.717) is 23.4 Å². The molecule has 0 N–H and O–H groups in total. The molecular weight excluding hydrogens is 599 g/mol. The molecule has 1 aliphatic carbocycles. The van der Waals surface area contributed by atoms with Crippen LogP contribution in [-0.2, 0) is 0 Å². The SMILES string of the molecule is c1ccc(-c2ccc(-c3ccc(-c4nc(-c5ccccc5)nc(-c5ccc6c(c5)oc5ccc(C7CCCCC7)cc56)n4)cc3)cc2)cc1. The second-order valence-corrected chi connectivity index (χ2v) is 13.1. The summed E-state index contributed by atoms with van der Waals surface area (Å²) in [5, 5.41) is 2.31. The smallest absolute Gasteiger partial charge is 0.164 e. The molecule has 9 rings (SSSR count). The molecule has 0 bridgehead atoms. The van der Waals surface area contributed by atoms with Crippen molar-refractivity contribution in [2.24, 2.45) is 0 Å². The molecule has 0 saturated heterocycles. The fourth-order valence-electron chi connectivity index (χ4n) is 7.27. The van der Waals surface area contributed by atoms with Crippen molar-refractivity contribution in [3.05, 3.63) is 151 Å². The summed E-state index contributed by atoms with van der Waals surface area (Å²) < 4.78 is 6.40. The molecule has 0 aliphatic heterocycles. The second kappa shape index (κ2) is 12.6. The van der Waals surface area contributed by atoms with Crippen molar-refractivity contribution < 1.29 is 4.42 Å². The average Bonchev–Trinajstić information content (AvgIpc) is 3.56. The summed E-state index contributed by atoms with van der Waals surface area (Å²) in [5.74, 6) is 2.55. The predicted octanol–water partition coefficient (Wildman–Crippen LogP) is 12.2. The van der Waals surface area contributed by atoms with Gasteiger partial charge >= 0.3 is 0 Å². The van der Waals surface area contributed by atoms with Gasteiger partial charge in [-0.25, -0.2) is 15.0 Å². The topological polar surface area (TPSA) is 51.8 Å². The first-order valence-electron chi connectivity index (χ1n) is 17.3. The van der Waals surface area contributed by atoms with Crippen LogP contribution in [0.4, 0.5) is 0 Å². The number of benzene rings is 6. The zero-order valence-corrected chi connectivity index (χ0v) is 27.2. The van der Waals surface area contributed by atoms with Gasteiger partial charge in [0.25, 0.3) is 0 Å². The Kier molecular flexibility index (Phi) is 7.55. The fourth-order valence-corrected chi connectivity index (χ4v) is 7.27. The molecule has 2 heterocycles. The minimum absolute atomic E-state index is 0.620. The maximum atomic E-state index is 6.40. The molecule has 1 fully saturated rings. The number of furan rings is 1. The van der Waals surface area contributed by atoms with Crippen LogP contribution in [0.2, 0.25) is 0 Å². The second-order valence-electron chi connectivity index (χ2n) is 13.1. The van der Waals surface area contributed by atoms with Gasteiger partial charge in [0.2, 0.25) is 0 Å². The van der Waals surface area contributed by atoms with Crippen LogP contribution in [0, 0.1) is 0 Å². The Bertz CT molecular complexity index is 2390. The number of rotatable bonds is 6. The molecule has 0 unspecified atom stereocenters. The van der Waals surface area contributed by atoms with E-state index in [1.165, 1.54) is 54.2 Å². The van der Waals surface area contributed by atoms with Crippen LogP contribution >= 0.6 is 0 Å². The third-order valence-electron chi connectivity index (χ3n) is 9.97. The van der Waals surface area contributed by atoms with Crippen molar-refractivity contribution in [1.82, 2.24) is 15.0 Å². The van der Waals surface area contributed by atoms with Gasteiger partial charge in [0.05, 0.1) is 0 Å². The molecule has 49 heavy (non-hydrogen) atoms. The van der Waals surface area contributed by atoms with Crippen LogP contribution in [0.1, 0.15) is 43.6 Å². The van der Waals surface area contributed by atoms with E-state index in [-0.39, 0.29) is 0 Å². The standard InChI is InChI=1S/C45H35N3O/c1-4-10-30(11-5-1)32-16-18-33(19-17-32)34-20-22-36(23-21-34)44-46-43(35-14-8-3-9-15-35)47-45(48-44)38-24-26-39-40-28-37(31-12-6-2-7-13-31)25-27-41(40)49-42(39)29-38/h1,3-5,8-11,14-29,31H,2,6-7,12-13H2. The van der Waals surface area contributed by atoms with E-state index in [4.69, 9.17) is 19.4 Å². The van der Waals surface area contributed by atoms with Gasteiger partial charge in [-0.3, -0.25) is 0 Å². The highest BCUT2D eigenvalue weighted by Crippen LogP contribution is 2.38. The molecule has 1 saturated carbocycles. The van der Waals surface area contributed by atoms with Crippen LogP contribution in [0.15, 0.2) is 150 Å². The summed E-state index contributed by atoms with van der Waals surface area (Å²) in [4.78, 5) is 14.9. The largest absolute Gasteiger partial charge is 0.456 e. The molecule has 236 valence electrons. The van der Waals surface area contributed by atoms with Gasteiger partial charge in [0.15, 0.2) is 17.5 Å². The van der Waals surface area contributed by atoms with Crippen LogP contribution in [-0.4, -0.2) is 15.0 Å². The number of nitrogens with zero attached hydrogens (tertiary/aromatic N) is 3. The zero-order valence-electron chi connectivity index (χ0n) is 27.2. The Morgan fingerprint density at radius 3 is 1.49 bits per heavy atom. The molecule has 4 nitrogen and oxygen atoms in total. The van der Waals surface area contributed by atoms with Gasteiger partial charge in [-0.15, -0.1) is 0 Å². The number of aromatic nitrogens is 3. The van der Waals surface area contributed by atoms with E-state index >= 15 is 0 Å². The molecule has 4 heteroatoms.